The molecule has 29 heavy (non-hydrogen) atoms. The molecule has 0 aliphatic heterocycles. The van der Waals surface area contributed by atoms with Gasteiger partial charge in [0, 0.05) is 25.9 Å². The number of rotatable bonds is 16. The highest BCUT2D eigenvalue weighted by molar-refractivity contribution is 5.75. The minimum Gasteiger partial charge on any atom is -0.481 e. The van der Waals surface area contributed by atoms with Gasteiger partial charge in [-0.25, -0.2) is 4.79 Å². The number of benzene rings is 1. The third-order valence-electron chi connectivity index (χ3n) is 4.45. The maximum absolute atomic E-state index is 11.7. The predicted octanol–water partition coefficient (Wildman–Crippen LogP) is 4.01. The molecular weight excluding hydrogens is 372 g/mol. The summed E-state index contributed by atoms with van der Waals surface area (Å²) in [6, 6.07) is 9.54. The van der Waals surface area contributed by atoms with Gasteiger partial charge in [0.15, 0.2) is 0 Å². The molecule has 7 heteroatoms. The van der Waals surface area contributed by atoms with E-state index in [1.54, 1.807) is 0 Å². The molecule has 0 aliphatic carbocycles. The molecule has 0 radical (unpaired) electrons. The van der Waals surface area contributed by atoms with Gasteiger partial charge in [-0.15, -0.1) is 0 Å². The molecule has 0 heterocycles. The van der Waals surface area contributed by atoms with Gasteiger partial charge in [0.25, 0.3) is 0 Å². The first-order chi connectivity index (χ1) is 14.1. The number of amides is 2. The molecule has 2 amide bonds. The zero-order chi connectivity index (χ0) is 21.2. The summed E-state index contributed by atoms with van der Waals surface area (Å²) in [6.45, 7) is 1.49. The smallest absolute Gasteiger partial charge is 0.407 e. The molecule has 0 saturated carbocycles. The zero-order valence-electron chi connectivity index (χ0n) is 17.2. The van der Waals surface area contributed by atoms with Crippen LogP contribution in [0.2, 0.25) is 0 Å². The Morgan fingerprint density at radius 2 is 1.34 bits per heavy atom. The fourth-order valence-electron chi connectivity index (χ4n) is 2.80. The van der Waals surface area contributed by atoms with E-state index in [1.807, 2.05) is 30.3 Å². The topological polar surface area (TPSA) is 105 Å². The van der Waals surface area contributed by atoms with Crippen molar-refractivity contribution in [2.45, 2.75) is 70.8 Å². The number of carbonyl (C=O) groups is 3. The molecule has 0 bridgehead atoms. The van der Waals surface area contributed by atoms with Gasteiger partial charge in [-0.1, -0.05) is 56.0 Å². The van der Waals surface area contributed by atoms with Crippen LogP contribution in [-0.2, 0) is 20.9 Å². The number of alkyl carbamates (subject to hydrolysis) is 1. The Hall–Kier alpha value is -2.57. The molecule has 7 nitrogen and oxygen atoms in total. The lowest BCUT2D eigenvalue weighted by Crippen LogP contribution is -2.25. The second kappa shape index (κ2) is 16.4. The molecule has 0 atom stereocenters. The second-order valence-electron chi connectivity index (χ2n) is 7.06. The second-order valence-corrected chi connectivity index (χ2v) is 7.06. The summed E-state index contributed by atoms with van der Waals surface area (Å²) in [4.78, 5) is 33.7. The molecule has 1 rings (SSSR count). The summed E-state index contributed by atoms with van der Waals surface area (Å²) in [5, 5.41) is 14.2. The lowest BCUT2D eigenvalue weighted by Gasteiger charge is -2.07. The van der Waals surface area contributed by atoms with Crippen LogP contribution in [0, 0.1) is 0 Å². The van der Waals surface area contributed by atoms with Crippen LogP contribution in [0.25, 0.3) is 0 Å². The molecule has 0 fully saturated rings. The summed E-state index contributed by atoms with van der Waals surface area (Å²) >= 11 is 0. The Kier molecular flexibility index (Phi) is 13.8. The van der Waals surface area contributed by atoms with Gasteiger partial charge < -0.3 is 20.5 Å². The van der Waals surface area contributed by atoms with Crippen LogP contribution in [0.4, 0.5) is 4.79 Å². The summed E-state index contributed by atoms with van der Waals surface area (Å²) < 4.78 is 5.14. The van der Waals surface area contributed by atoms with Crippen molar-refractivity contribution in [3.63, 3.8) is 0 Å². The highest BCUT2D eigenvalue weighted by Crippen LogP contribution is 2.05. The first-order valence-electron chi connectivity index (χ1n) is 10.5. The molecule has 0 saturated heterocycles. The average Bonchev–Trinajstić information content (AvgIpc) is 2.71. The summed E-state index contributed by atoms with van der Waals surface area (Å²) in [6.07, 6.45) is 7.34. The van der Waals surface area contributed by atoms with Crippen molar-refractivity contribution in [1.29, 1.82) is 0 Å². The number of unbranched alkanes of at least 4 members (excludes halogenated alkanes) is 6. The van der Waals surface area contributed by atoms with E-state index in [4.69, 9.17) is 9.84 Å². The van der Waals surface area contributed by atoms with Gasteiger partial charge in [0.2, 0.25) is 5.91 Å². The number of aliphatic carboxylic acids is 1. The van der Waals surface area contributed by atoms with E-state index in [1.165, 1.54) is 0 Å². The van der Waals surface area contributed by atoms with Gasteiger partial charge in [0.1, 0.15) is 6.61 Å². The third-order valence-corrected chi connectivity index (χ3v) is 4.45. The van der Waals surface area contributed by atoms with Gasteiger partial charge >= 0.3 is 12.1 Å². The minimum atomic E-state index is -0.753. The van der Waals surface area contributed by atoms with Crippen LogP contribution >= 0.6 is 0 Å². The normalized spacial score (nSPS) is 10.3. The Morgan fingerprint density at radius 3 is 2.00 bits per heavy atom. The highest BCUT2D eigenvalue weighted by atomic mass is 16.5. The van der Waals surface area contributed by atoms with Gasteiger partial charge in [-0.05, 0) is 31.2 Å². The van der Waals surface area contributed by atoms with Crippen molar-refractivity contribution in [2.24, 2.45) is 0 Å². The first kappa shape index (κ1) is 24.5. The molecule has 3 N–H and O–H groups in total. The maximum Gasteiger partial charge on any atom is 0.407 e. The van der Waals surface area contributed by atoms with E-state index in [-0.39, 0.29) is 18.9 Å². The predicted molar refractivity (Wildman–Crippen MR) is 111 cm³/mol. The van der Waals surface area contributed by atoms with Crippen molar-refractivity contribution in [3.8, 4) is 0 Å². The Balaban J connectivity index is 1.85. The van der Waals surface area contributed by atoms with Crippen LogP contribution in [0.15, 0.2) is 30.3 Å². The lowest BCUT2D eigenvalue weighted by molar-refractivity contribution is -0.137. The molecule has 0 aromatic heterocycles. The average molecular weight is 407 g/mol. The largest absolute Gasteiger partial charge is 0.481 e. The van der Waals surface area contributed by atoms with Crippen molar-refractivity contribution in [3.05, 3.63) is 35.9 Å². The monoisotopic (exact) mass is 406 g/mol. The van der Waals surface area contributed by atoms with E-state index in [2.05, 4.69) is 10.6 Å². The molecule has 1 aromatic carbocycles. The molecule has 0 aliphatic rings. The molecule has 0 spiro atoms. The summed E-state index contributed by atoms with van der Waals surface area (Å²) in [5.41, 5.74) is 0.958. The van der Waals surface area contributed by atoms with E-state index < -0.39 is 12.1 Å². The summed E-state index contributed by atoms with van der Waals surface area (Å²) in [7, 11) is 0. The first-order valence-corrected chi connectivity index (χ1v) is 10.5. The van der Waals surface area contributed by atoms with Crippen molar-refractivity contribution in [1.82, 2.24) is 10.6 Å². The lowest BCUT2D eigenvalue weighted by atomic mass is 10.1. The Morgan fingerprint density at radius 1 is 0.759 bits per heavy atom. The van der Waals surface area contributed by atoms with Crippen LogP contribution in [-0.4, -0.2) is 36.2 Å². The van der Waals surface area contributed by atoms with Gasteiger partial charge in [0.05, 0.1) is 0 Å². The Bertz CT molecular complexity index is 592. The highest BCUT2D eigenvalue weighted by Gasteiger charge is 2.03. The molecule has 1 aromatic rings. The fourth-order valence-corrected chi connectivity index (χ4v) is 2.80. The van der Waals surface area contributed by atoms with Gasteiger partial charge in [-0.3, -0.25) is 9.59 Å². The third kappa shape index (κ3) is 15.1. The standard InChI is InChI=1S/C22H34N2O5/c25-20(23-16-10-4-2-9-15-21(26)27)14-8-1-3-11-17-24-22(28)29-18-19-12-6-5-7-13-19/h5-7,12-13H,1-4,8-11,14-18H2,(H,23,25)(H,24,28)(H,26,27). The van der Waals surface area contributed by atoms with E-state index in [9.17, 15) is 14.4 Å². The number of hydrogen-bond donors (Lipinski definition) is 3. The molecule has 0 unspecified atom stereocenters. The number of carbonyl (C=O) groups excluding carboxylic acids is 2. The van der Waals surface area contributed by atoms with Crippen LogP contribution in [0.1, 0.15) is 69.8 Å². The maximum atomic E-state index is 11.7. The molecular formula is C22H34N2O5. The van der Waals surface area contributed by atoms with E-state index >= 15 is 0 Å². The quantitative estimate of drug-likeness (QED) is 0.360. The van der Waals surface area contributed by atoms with E-state index in [0.717, 1.165) is 50.5 Å². The van der Waals surface area contributed by atoms with Crippen molar-refractivity contribution >= 4 is 18.0 Å². The number of nitrogens with one attached hydrogen (secondary N) is 2. The number of ether oxygens (including phenoxy) is 1. The van der Waals surface area contributed by atoms with Crippen molar-refractivity contribution < 1.29 is 24.2 Å². The SMILES string of the molecule is O=C(O)CCCCCCNC(=O)CCCCCCNC(=O)OCc1ccccc1. The minimum absolute atomic E-state index is 0.0677. The number of carboxylic acid groups (broad SMARTS) is 1. The van der Waals surface area contributed by atoms with Gasteiger partial charge in [-0.2, -0.15) is 0 Å². The fraction of sp³-hybridized carbons (Fsp3) is 0.591. The van der Waals surface area contributed by atoms with Crippen LogP contribution in [0.5, 0.6) is 0 Å². The number of hydrogen-bond acceptors (Lipinski definition) is 4. The Labute approximate surface area is 173 Å². The van der Waals surface area contributed by atoms with Crippen LogP contribution < -0.4 is 10.6 Å². The van der Waals surface area contributed by atoms with Crippen molar-refractivity contribution in [2.75, 3.05) is 13.1 Å². The summed E-state index contributed by atoms with van der Waals surface area (Å²) in [5.74, 6) is -0.685. The zero-order valence-corrected chi connectivity index (χ0v) is 17.2. The van der Waals surface area contributed by atoms with E-state index in [0.29, 0.717) is 25.9 Å². The van der Waals surface area contributed by atoms with Crippen LogP contribution in [0.3, 0.4) is 0 Å². The number of carboxylic acids is 1. The molecule has 162 valence electrons.